The fourth-order valence-corrected chi connectivity index (χ4v) is 3.76. The minimum absolute atomic E-state index is 0.133. The average Bonchev–Trinajstić information content (AvgIpc) is 2.80. The number of nitrogens with one attached hydrogen (secondary N) is 1. The predicted octanol–water partition coefficient (Wildman–Crippen LogP) is 3.30. The van der Waals surface area contributed by atoms with Crippen LogP contribution in [-0.4, -0.2) is 19.1 Å². The maximum Gasteiger partial charge on any atom is 0.125 e. The van der Waals surface area contributed by atoms with Crippen LogP contribution in [0, 0.1) is 5.41 Å². The van der Waals surface area contributed by atoms with E-state index in [1.807, 2.05) is 20.4 Å². The lowest BCUT2D eigenvalue weighted by Gasteiger charge is -2.41. The quantitative estimate of drug-likeness (QED) is 0.909. The van der Waals surface area contributed by atoms with E-state index in [0.717, 1.165) is 24.4 Å². The molecule has 0 unspecified atom stereocenters. The van der Waals surface area contributed by atoms with Crippen LogP contribution < -0.4 is 5.32 Å². The first-order valence-electron chi connectivity index (χ1n) is 6.66. The third-order valence-electron chi connectivity index (χ3n) is 4.10. The average molecular weight is 268 g/mol. The van der Waals surface area contributed by atoms with Crippen molar-refractivity contribution in [1.29, 1.82) is 0 Å². The topological polar surface area (TPSA) is 34.2 Å². The van der Waals surface area contributed by atoms with Crippen molar-refractivity contribution in [2.24, 2.45) is 5.41 Å². The highest BCUT2D eigenvalue weighted by atomic mass is 32.1. The molecule has 1 fully saturated rings. The lowest BCUT2D eigenvalue weighted by molar-refractivity contribution is -0.0667. The highest BCUT2D eigenvalue weighted by Gasteiger charge is 2.41. The van der Waals surface area contributed by atoms with E-state index < -0.39 is 0 Å². The smallest absolute Gasteiger partial charge is 0.125 e. The second-order valence-corrected chi connectivity index (χ2v) is 7.14. The molecule has 18 heavy (non-hydrogen) atoms. The molecule has 102 valence electrons. The second-order valence-electron chi connectivity index (χ2n) is 6.02. The van der Waals surface area contributed by atoms with Gasteiger partial charge in [0.05, 0.1) is 0 Å². The molecule has 1 aromatic heterocycles. The van der Waals surface area contributed by atoms with Crippen LogP contribution in [0.4, 0.5) is 0 Å². The van der Waals surface area contributed by atoms with Crippen molar-refractivity contribution in [3.05, 3.63) is 16.1 Å². The summed E-state index contributed by atoms with van der Waals surface area (Å²) < 4.78 is 5.88. The van der Waals surface area contributed by atoms with Gasteiger partial charge in [-0.3, -0.25) is 0 Å². The summed E-state index contributed by atoms with van der Waals surface area (Å²) in [5, 5.41) is 4.33. The van der Waals surface area contributed by atoms with Crippen molar-refractivity contribution < 1.29 is 4.74 Å². The summed E-state index contributed by atoms with van der Waals surface area (Å²) in [5.41, 5.74) is 0.319. The summed E-state index contributed by atoms with van der Waals surface area (Å²) in [6.07, 6.45) is 6.58. The fourth-order valence-electron chi connectivity index (χ4n) is 2.61. The number of hydrogen-bond donors (Lipinski definition) is 1. The van der Waals surface area contributed by atoms with Crippen LogP contribution in [0.2, 0.25) is 0 Å². The van der Waals surface area contributed by atoms with E-state index in [1.54, 1.807) is 11.3 Å². The van der Waals surface area contributed by atoms with Gasteiger partial charge in [-0.15, -0.1) is 11.3 Å². The maximum atomic E-state index is 5.88. The Morgan fingerprint density at radius 1 is 1.33 bits per heavy atom. The minimum Gasteiger partial charge on any atom is -0.371 e. The molecule has 0 amide bonds. The van der Waals surface area contributed by atoms with Gasteiger partial charge in [-0.2, -0.15) is 0 Å². The Bertz CT molecular complexity index is 390. The van der Waals surface area contributed by atoms with Gasteiger partial charge in [0, 0.05) is 24.7 Å². The third-order valence-corrected chi connectivity index (χ3v) is 5.28. The summed E-state index contributed by atoms with van der Waals surface area (Å²) in [5.74, 6) is 0. The van der Waals surface area contributed by atoms with E-state index in [2.05, 4.69) is 24.1 Å². The van der Waals surface area contributed by atoms with Crippen LogP contribution in [0.3, 0.4) is 0 Å². The molecule has 0 aliphatic heterocycles. The molecule has 2 rings (SSSR count). The van der Waals surface area contributed by atoms with Gasteiger partial charge in [-0.25, -0.2) is 4.98 Å². The van der Waals surface area contributed by atoms with Gasteiger partial charge in [0.15, 0.2) is 0 Å². The highest BCUT2D eigenvalue weighted by molar-refractivity contribution is 7.11. The van der Waals surface area contributed by atoms with Gasteiger partial charge < -0.3 is 10.1 Å². The van der Waals surface area contributed by atoms with E-state index in [0.29, 0.717) is 5.41 Å². The summed E-state index contributed by atoms with van der Waals surface area (Å²) in [7, 11) is 3.80. The summed E-state index contributed by atoms with van der Waals surface area (Å²) in [6, 6.07) is 0. The molecule has 4 heteroatoms. The molecule has 1 aliphatic rings. The van der Waals surface area contributed by atoms with Crippen LogP contribution in [0.25, 0.3) is 0 Å². The largest absolute Gasteiger partial charge is 0.371 e. The molecule has 3 nitrogen and oxygen atoms in total. The SMILES string of the molecule is CNCc1cnc(C2(OC)CCC(C)(C)CC2)s1. The van der Waals surface area contributed by atoms with Crippen molar-refractivity contribution in [1.82, 2.24) is 10.3 Å². The first kappa shape index (κ1) is 14.0. The lowest BCUT2D eigenvalue weighted by atomic mass is 9.71. The van der Waals surface area contributed by atoms with Crippen molar-refractivity contribution in [2.45, 2.75) is 51.7 Å². The molecular weight excluding hydrogens is 244 g/mol. The van der Waals surface area contributed by atoms with Crippen LogP contribution >= 0.6 is 11.3 Å². The standard InChI is InChI=1S/C14H24N2OS/c1-13(2)5-7-14(17-4,8-6-13)12-16-10-11(18-12)9-15-3/h10,15H,5-9H2,1-4H3. The Hall–Kier alpha value is -0.450. The normalized spacial score (nSPS) is 22.0. The highest BCUT2D eigenvalue weighted by Crippen LogP contribution is 2.47. The van der Waals surface area contributed by atoms with Crippen LogP contribution in [0.15, 0.2) is 6.20 Å². The zero-order valence-corrected chi connectivity index (χ0v) is 12.7. The van der Waals surface area contributed by atoms with E-state index >= 15 is 0 Å². The van der Waals surface area contributed by atoms with E-state index in [9.17, 15) is 0 Å². The van der Waals surface area contributed by atoms with Crippen molar-refractivity contribution in [3.8, 4) is 0 Å². The predicted molar refractivity (Wildman–Crippen MR) is 75.8 cm³/mol. The first-order valence-corrected chi connectivity index (χ1v) is 7.48. The molecule has 1 saturated carbocycles. The molecule has 1 N–H and O–H groups in total. The lowest BCUT2D eigenvalue weighted by Crippen LogP contribution is -2.36. The Morgan fingerprint density at radius 3 is 2.56 bits per heavy atom. The number of nitrogens with zero attached hydrogens (tertiary/aromatic N) is 1. The van der Waals surface area contributed by atoms with Gasteiger partial charge in [0.1, 0.15) is 10.6 Å². The number of rotatable bonds is 4. The van der Waals surface area contributed by atoms with Gasteiger partial charge in [0.2, 0.25) is 0 Å². The van der Waals surface area contributed by atoms with Crippen molar-refractivity contribution >= 4 is 11.3 Å². The van der Waals surface area contributed by atoms with Gasteiger partial charge in [-0.1, -0.05) is 13.8 Å². The van der Waals surface area contributed by atoms with E-state index in [4.69, 9.17) is 4.74 Å². The molecule has 1 heterocycles. The molecule has 0 bridgehead atoms. The fraction of sp³-hybridized carbons (Fsp3) is 0.786. The second kappa shape index (κ2) is 5.27. The van der Waals surface area contributed by atoms with Gasteiger partial charge in [-0.05, 0) is 38.1 Å². The van der Waals surface area contributed by atoms with Crippen LogP contribution in [0.5, 0.6) is 0 Å². The number of methoxy groups -OCH3 is 1. The summed E-state index contributed by atoms with van der Waals surface area (Å²) >= 11 is 1.79. The molecule has 0 radical (unpaired) electrons. The molecule has 1 aliphatic carbocycles. The number of hydrogen-bond acceptors (Lipinski definition) is 4. The minimum atomic E-state index is -0.133. The molecular formula is C14H24N2OS. The molecule has 1 aromatic rings. The Morgan fingerprint density at radius 2 is 2.00 bits per heavy atom. The number of thiazole rings is 1. The van der Waals surface area contributed by atoms with Crippen molar-refractivity contribution in [3.63, 3.8) is 0 Å². The van der Waals surface area contributed by atoms with Gasteiger partial charge >= 0.3 is 0 Å². The molecule has 0 spiro atoms. The van der Waals surface area contributed by atoms with Crippen LogP contribution in [-0.2, 0) is 16.9 Å². The zero-order valence-electron chi connectivity index (χ0n) is 11.9. The van der Waals surface area contributed by atoms with Gasteiger partial charge in [0.25, 0.3) is 0 Å². The number of aromatic nitrogens is 1. The monoisotopic (exact) mass is 268 g/mol. The molecule has 0 saturated heterocycles. The Kier molecular flexibility index (Phi) is 4.09. The summed E-state index contributed by atoms with van der Waals surface area (Å²) in [6.45, 7) is 5.59. The zero-order chi connectivity index (χ0) is 13.2. The first-order chi connectivity index (χ1) is 8.51. The molecule has 0 aromatic carbocycles. The Labute approximate surface area is 114 Å². The van der Waals surface area contributed by atoms with Crippen molar-refractivity contribution in [2.75, 3.05) is 14.2 Å². The van der Waals surface area contributed by atoms with E-state index in [-0.39, 0.29) is 5.60 Å². The Balaban J connectivity index is 2.17. The van der Waals surface area contributed by atoms with Crippen LogP contribution in [0.1, 0.15) is 49.4 Å². The molecule has 0 atom stereocenters. The van der Waals surface area contributed by atoms with E-state index in [1.165, 1.54) is 17.7 Å². The third kappa shape index (κ3) is 2.76. The summed E-state index contributed by atoms with van der Waals surface area (Å²) in [4.78, 5) is 5.89. The number of ether oxygens (including phenoxy) is 1. The maximum absolute atomic E-state index is 5.88.